The summed E-state index contributed by atoms with van der Waals surface area (Å²) in [5, 5.41) is 11.7. The van der Waals surface area contributed by atoms with Crippen molar-refractivity contribution in [3.63, 3.8) is 0 Å². The number of ether oxygens (including phenoxy) is 3. The van der Waals surface area contributed by atoms with Crippen molar-refractivity contribution in [1.82, 2.24) is 9.80 Å². The predicted octanol–water partition coefficient (Wildman–Crippen LogP) is 1.90. The van der Waals surface area contributed by atoms with Gasteiger partial charge in [0.2, 0.25) is 0 Å². The van der Waals surface area contributed by atoms with Crippen LogP contribution >= 0.6 is 0 Å². The maximum atomic E-state index is 14.4. The molecule has 0 saturated carbocycles. The third kappa shape index (κ3) is 3.82. The van der Waals surface area contributed by atoms with Crippen LogP contribution in [-0.2, 0) is 24.7 Å². The zero-order valence-electron chi connectivity index (χ0n) is 21.4. The van der Waals surface area contributed by atoms with Gasteiger partial charge in [-0.2, -0.15) is 0 Å². The second kappa shape index (κ2) is 9.87. The lowest BCUT2D eigenvalue weighted by molar-refractivity contribution is -0.144. The van der Waals surface area contributed by atoms with Crippen molar-refractivity contribution in [3.05, 3.63) is 71.8 Å². The molecule has 0 aromatic heterocycles. The monoisotopic (exact) mass is 531 g/mol. The fourth-order valence-electron chi connectivity index (χ4n) is 5.88. The molecule has 1 N–H and O–H groups in total. The molecule has 0 unspecified atom stereocenters. The molecule has 2 fully saturated rings. The summed E-state index contributed by atoms with van der Waals surface area (Å²) < 4.78 is 16.7. The molecule has 10 nitrogen and oxygen atoms in total. The van der Waals surface area contributed by atoms with Crippen molar-refractivity contribution < 1.29 is 33.7 Å². The number of fused-ring (bicyclic) bond motifs is 3. The third-order valence-corrected chi connectivity index (χ3v) is 7.68. The van der Waals surface area contributed by atoms with E-state index in [1.807, 2.05) is 0 Å². The van der Waals surface area contributed by atoms with Crippen molar-refractivity contribution in [2.45, 2.75) is 5.54 Å². The first kappa shape index (κ1) is 25.1. The van der Waals surface area contributed by atoms with Crippen LogP contribution in [0.25, 0.3) is 5.76 Å². The molecule has 0 aliphatic carbocycles. The van der Waals surface area contributed by atoms with Gasteiger partial charge in [0.05, 0.1) is 24.5 Å². The summed E-state index contributed by atoms with van der Waals surface area (Å²) in [6.45, 7) is 7.77. The number of para-hydroxylation sites is 1. The van der Waals surface area contributed by atoms with Gasteiger partial charge >= 0.3 is 0 Å². The van der Waals surface area contributed by atoms with Gasteiger partial charge in [0.25, 0.3) is 17.6 Å². The molecule has 0 bridgehead atoms. The maximum absolute atomic E-state index is 14.4. The number of likely N-dealkylation sites (tertiary alicyclic amines) is 1. The Morgan fingerprint density at radius 3 is 2.49 bits per heavy atom. The van der Waals surface area contributed by atoms with Crippen LogP contribution in [0.4, 0.5) is 5.69 Å². The highest BCUT2D eigenvalue weighted by Crippen LogP contribution is 2.53. The molecule has 2 amide bonds. The van der Waals surface area contributed by atoms with E-state index >= 15 is 0 Å². The molecule has 2 saturated heterocycles. The molecule has 39 heavy (non-hydrogen) atoms. The van der Waals surface area contributed by atoms with E-state index < -0.39 is 28.9 Å². The average molecular weight is 532 g/mol. The number of carbonyl (C=O) groups excluding carboxylic acids is 3. The summed E-state index contributed by atoms with van der Waals surface area (Å²) in [6, 6.07) is 11.9. The molecular formula is C29H29N3O7. The van der Waals surface area contributed by atoms with Crippen LogP contribution in [0.2, 0.25) is 0 Å². The fraction of sp³-hybridized carbons (Fsp3) is 0.345. The number of amides is 2. The number of rotatable bonds is 6. The van der Waals surface area contributed by atoms with E-state index in [9.17, 15) is 19.5 Å². The Hall–Kier alpha value is -4.15. The summed E-state index contributed by atoms with van der Waals surface area (Å²) in [5.74, 6) is -1.74. The number of hydrogen-bond acceptors (Lipinski definition) is 8. The molecule has 2 aromatic rings. The first-order valence-electron chi connectivity index (χ1n) is 13.0. The van der Waals surface area contributed by atoms with Gasteiger partial charge in [-0.15, -0.1) is 6.58 Å². The quantitative estimate of drug-likeness (QED) is 0.261. The minimum absolute atomic E-state index is 0.116. The van der Waals surface area contributed by atoms with E-state index in [0.717, 1.165) is 0 Å². The summed E-state index contributed by atoms with van der Waals surface area (Å²) in [7, 11) is 0. The van der Waals surface area contributed by atoms with E-state index in [2.05, 4.69) is 11.5 Å². The summed E-state index contributed by atoms with van der Waals surface area (Å²) in [5.41, 5.74) is -0.796. The Morgan fingerprint density at radius 2 is 1.72 bits per heavy atom. The first-order valence-corrected chi connectivity index (χ1v) is 13.0. The Kier molecular flexibility index (Phi) is 6.36. The molecular weight excluding hydrogens is 502 g/mol. The van der Waals surface area contributed by atoms with Gasteiger partial charge in [0, 0.05) is 43.9 Å². The highest BCUT2D eigenvalue weighted by atomic mass is 16.6. The lowest BCUT2D eigenvalue weighted by Gasteiger charge is -2.36. The topological polar surface area (TPSA) is 109 Å². The Labute approximate surface area is 225 Å². The molecule has 1 spiro atoms. The SMILES string of the molecule is C=CCN1C(=O)[C@]2(C(=C(O)c3ccc4c(c3)OCCO4)C(=O)C(=O)N2CCN2CCOCC2)c2ccccc21. The van der Waals surface area contributed by atoms with Crippen LogP contribution in [0.1, 0.15) is 11.1 Å². The van der Waals surface area contributed by atoms with Gasteiger partial charge in [0.15, 0.2) is 17.0 Å². The third-order valence-electron chi connectivity index (χ3n) is 7.68. The maximum Gasteiger partial charge on any atom is 0.296 e. The van der Waals surface area contributed by atoms with E-state index in [-0.39, 0.29) is 24.2 Å². The van der Waals surface area contributed by atoms with Crippen molar-refractivity contribution in [3.8, 4) is 11.5 Å². The second-order valence-electron chi connectivity index (χ2n) is 9.75. The molecule has 2 aromatic carbocycles. The largest absolute Gasteiger partial charge is 0.507 e. The number of benzene rings is 2. The number of anilines is 1. The first-order chi connectivity index (χ1) is 19.0. The number of ketones is 1. The standard InChI is InChI=1S/C29H29N3O7/c1-2-9-31-21-6-4-3-5-20(21)29(28(31)36)24(25(33)19-7-8-22-23(18-19)39-17-16-38-22)26(34)27(35)32(29)11-10-30-12-14-37-15-13-30/h2-8,18,33H,1,9-17H2/t29-/m1/s1. The molecule has 4 heterocycles. The summed E-state index contributed by atoms with van der Waals surface area (Å²) in [6.07, 6.45) is 1.59. The number of hydrogen-bond donors (Lipinski definition) is 1. The van der Waals surface area contributed by atoms with Gasteiger partial charge in [0.1, 0.15) is 19.0 Å². The number of nitrogens with zero attached hydrogens (tertiary/aromatic N) is 3. The summed E-state index contributed by atoms with van der Waals surface area (Å²) in [4.78, 5) is 46.8. The average Bonchev–Trinajstić information content (AvgIpc) is 3.35. The zero-order valence-corrected chi connectivity index (χ0v) is 21.4. The Balaban J connectivity index is 1.53. The van der Waals surface area contributed by atoms with Gasteiger partial charge in [-0.3, -0.25) is 19.3 Å². The van der Waals surface area contributed by atoms with Crippen molar-refractivity contribution in [2.75, 3.05) is 64.1 Å². The van der Waals surface area contributed by atoms with Gasteiger partial charge in [-0.25, -0.2) is 0 Å². The van der Waals surface area contributed by atoms with Crippen molar-refractivity contribution in [1.29, 1.82) is 0 Å². The van der Waals surface area contributed by atoms with Crippen molar-refractivity contribution in [2.24, 2.45) is 0 Å². The highest BCUT2D eigenvalue weighted by Gasteiger charge is 2.67. The molecule has 0 radical (unpaired) electrons. The molecule has 1 atom stereocenters. The Morgan fingerprint density at radius 1 is 0.974 bits per heavy atom. The van der Waals surface area contributed by atoms with E-state index in [4.69, 9.17) is 14.2 Å². The van der Waals surface area contributed by atoms with E-state index in [1.165, 1.54) is 9.80 Å². The zero-order chi connectivity index (χ0) is 27.1. The van der Waals surface area contributed by atoms with Crippen LogP contribution in [0, 0.1) is 0 Å². The number of Topliss-reactive ketones (excluding diaryl/α,β-unsaturated/α-hetero) is 1. The lowest BCUT2D eigenvalue weighted by atomic mass is 9.82. The number of carbonyl (C=O) groups is 3. The molecule has 4 aliphatic rings. The molecule has 10 heteroatoms. The second-order valence-corrected chi connectivity index (χ2v) is 9.75. The van der Waals surface area contributed by atoms with Crippen LogP contribution in [0.3, 0.4) is 0 Å². The van der Waals surface area contributed by atoms with Gasteiger partial charge in [-0.05, 0) is 24.3 Å². The van der Waals surface area contributed by atoms with Gasteiger partial charge in [-0.1, -0.05) is 24.3 Å². The van der Waals surface area contributed by atoms with Crippen LogP contribution < -0.4 is 14.4 Å². The van der Waals surface area contributed by atoms with E-state index in [1.54, 1.807) is 48.5 Å². The minimum Gasteiger partial charge on any atom is -0.507 e. The van der Waals surface area contributed by atoms with Crippen molar-refractivity contribution >= 4 is 29.0 Å². The summed E-state index contributed by atoms with van der Waals surface area (Å²) >= 11 is 0. The number of aliphatic hydroxyl groups is 1. The minimum atomic E-state index is -1.82. The smallest absolute Gasteiger partial charge is 0.296 e. The molecule has 6 rings (SSSR count). The Bertz CT molecular complexity index is 1400. The fourth-order valence-corrected chi connectivity index (χ4v) is 5.88. The number of aliphatic hydroxyl groups excluding tert-OH is 1. The number of morpholine rings is 1. The van der Waals surface area contributed by atoms with Gasteiger partial charge < -0.3 is 29.1 Å². The van der Waals surface area contributed by atoms with Crippen LogP contribution in [-0.4, -0.2) is 91.7 Å². The molecule has 4 aliphatic heterocycles. The van der Waals surface area contributed by atoms with Crippen LogP contribution in [0.5, 0.6) is 11.5 Å². The highest BCUT2D eigenvalue weighted by molar-refractivity contribution is 6.50. The van der Waals surface area contributed by atoms with Crippen LogP contribution in [0.15, 0.2) is 60.7 Å². The van der Waals surface area contributed by atoms with E-state index in [0.29, 0.717) is 68.8 Å². The predicted molar refractivity (Wildman–Crippen MR) is 142 cm³/mol. The molecule has 202 valence electrons. The normalized spacial score (nSPS) is 23.9. The lowest BCUT2D eigenvalue weighted by Crippen LogP contribution is -2.54.